The summed E-state index contributed by atoms with van der Waals surface area (Å²) in [6.07, 6.45) is 6.09. The van der Waals surface area contributed by atoms with Gasteiger partial charge in [0.25, 0.3) is 0 Å². The molecule has 0 aromatic carbocycles. The van der Waals surface area contributed by atoms with Crippen LogP contribution in [0.1, 0.15) is 34.1 Å². The first-order chi connectivity index (χ1) is 7.93. The lowest BCUT2D eigenvalue weighted by atomic mass is 9.96. The fourth-order valence-electron chi connectivity index (χ4n) is 2.08. The lowest BCUT2D eigenvalue weighted by Crippen LogP contribution is -2.65. The molecule has 1 heterocycles. The minimum Gasteiger partial charge on any atom is -0.342 e. The van der Waals surface area contributed by atoms with Crippen LogP contribution in [0.25, 0.3) is 0 Å². The Morgan fingerprint density at radius 2 is 2.06 bits per heavy atom. The summed E-state index contributed by atoms with van der Waals surface area (Å²) in [4.78, 5) is 25.7. The Hall–Kier alpha value is -1.50. The number of rotatable bonds is 3. The molecule has 0 aliphatic carbocycles. The normalized spacial score (nSPS) is 26.7. The summed E-state index contributed by atoms with van der Waals surface area (Å²) < 4.78 is 0. The number of amides is 2. The highest BCUT2D eigenvalue weighted by molar-refractivity contribution is 5.97. The van der Waals surface area contributed by atoms with E-state index in [9.17, 15) is 9.59 Å². The third-order valence-corrected chi connectivity index (χ3v) is 3.20. The molecule has 0 aromatic rings. The third kappa shape index (κ3) is 2.44. The van der Waals surface area contributed by atoms with Crippen molar-refractivity contribution in [3.05, 3.63) is 0 Å². The van der Waals surface area contributed by atoms with Crippen molar-refractivity contribution < 1.29 is 9.59 Å². The van der Waals surface area contributed by atoms with Gasteiger partial charge in [-0.2, -0.15) is 0 Å². The summed E-state index contributed by atoms with van der Waals surface area (Å²) in [6.45, 7) is 7.45. The molecule has 3 atom stereocenters. The average molecular weight is 236 g/mol. The van der Waals surface area contributed by atoms with Crippen molar-refractivity contribution in [2.45, 2.75) is 52.2 Å². The van der Waals surface area contributed by atoms with E-state index >= 15 is 0 Å². The van der Waals surface area contributed by atoms with E-state index in [0.717, 1.165) is 0 Å². The number of terminal acetylenes is 1. The van der Waals surface area contributed by atoms with Gasteiger partial charge in [0.2, 0.25) is 11.8 Å². The van der Waals surface area contributed by atoms with E-state index in [1.165, 1.54) is 0 Å². The first-order valence-electron chi connectivity index (χ1n) is 6.02. The number of hydrogen-bond acceptors (Lipinski definition) is 2. The number of hydrogen-bond donors (Lipinski definition) is 1. The molecule has 1 saturated heterocycles. The number of piperazine rings is 1. The Kier molecular flexibility index (Phi) is 4.17. The number of carbonyl (C=O) groups excluding carboxylic acids is 2. The maximum absolute atomic E-state index is 12.3. The SMILES string of the molecule is C#CC(CC)N1C(=O)C(C(C)C)NC(=O)C1C. The first kappa shape index (κ1) is 13.6. The summed E-state index contributed by atoms with van der Waals surface area (Å²) in [6, 6.07) is -1.25. The zero-order valence-corrected chi connectivity index (χ0v) is 10.9. The predicted octanol–water partition coefficient (Wildman–Crippen LogP) is 0.770. The maximum Gasteiger partial charge on any atom is 0.247 e. The zero-order chi connectivity index (χ0) is 13.2. The van der Waals surface area contributed by atoms with Gasteiger partial charge in [-0.1, -0.05) is 26.7 Å². The highest BCUT2D eigenvalue weighted by atomic mass is 16.2. The van der Waals surface area contributed by atoms with Crippen molar-refractivity contribution in [3.63, 3.8) is 0 Å². The van der Waals surface area contributed by atoms with Crippen LogP contribution < -0.4 is 5.32 Å². The highest BCUT2D eigenvalue weighted by Crippen LogP contribution is 2.19. The highest BCUT2D eigenvalue weighted by Gasteiger charge is 2.41. The van der Waals surface area contributed by atoms with Gasteiger partial charge in [0, 0.05) is 0 Å². The van der Waals surface area contributed by atoms with Crippen LogP contribution in [0, 0.1) is 18.3 Å². The topological polar surface area (TPSA) is 49.4 Å². The van der Waals surface area contributed by atoms with E-state index in [2.05, 4.69) is 11.2 Å². The second kappa shape index (κ2) is 5.22. The maximum atomic E-state index is 12.3. The summed E-state index contributed by atoms with van der Waals surface area (Å²) in [5, 5.41) is 2.75. The van der Waals surface area contributed by atoms with Crippen LogP contribution in [0.2, 0.25) is 0 Å². The largest absolute Gasteiger partial charge is 0.342 e. The average Bonchev–Trinajstić information content (AvgIpc) is 2.28. The molecular weight excluding hydrogens is 216 g/mol. The van der Waals surface area contributed by atoms with Crippen LogP contribution in [0.3, 0.4) is 0 Å². The Morgan fingerprint density at radius 1 is 1.47 bits per heavy atom. The van der Waals surface area contributed by atoms with E-state index in [1.54, 1.807) is 11.8 Å². The molecule has 1 rings (SSSR count). The van der Waals surface area contributed by atoms with Crippen molar-refractivity contribution in [1.82, 2.24) is 10.2 Å². The second-order valence-electron chi connectivity index (χ2n) is 4.74. The molecule has 94 valence electrons. The molecule has 0 saturated carbocycles. The lowest BCUT2D eigenvalue weighted by molar-refractivity contribution is -0.151. The molecule has 1 aliphatic rings. The van der Waals surface area contributed by atoms with Crippen molar-refractivity contribution >= 4 is 11.8 Å². The third-order valence-electron chi connectivity index (χ3n) is 3.20. The molecule has 0 spiro atoms. The molecule has 0 bridgehead atoms. The van der Waals surface area contributed by atoms with Gasteiger partial charge in [0.05, 0.1) is 6.04 Å². The van der Waals surface area contributed by atoms with Crippen LogP contribution in [0.15, 0.2) is 0 Å². The monoisotopic (exact) mass is 236 g/mol. The molecule has 3 unspecified atom stereocenters. The Balaban J connectivity index is 3.04. The van der Waals surface area contributed by atoms with Crippen LogP contribution in [-0.2, 0) is 9.59 Å². The van der Waals surface area contributed by atoms with Crippen molar-refractivity contribution in [2.24, 2.45) is 5.92 Å². The standard InChI is InChI=1S/C13H20N2O2/c1-6-10(7-2)15-9(5)12(16)14-11(8(3)4)13(15)17/h1,8-11H,7H2,2-5H3,(H,14,16). The fraction of sp³-hybridized carbons (Fsp3) is 0.692. The van der Waals surface area contributed by atoms with Gasteiger partial charge in [0.15, 0.2) is 0 Å². The van der Waals surface area contributed by atoms with Crippen molar-refractivity contribution in [1.29, 1.82) is 0 Å². The van der Waals surface area contributed by atoms with Gasteiger partial charge < -0.3 is 10.2 Å². The molecule has 1 N–H and O–H groups in total. The Morgan fingerprint density at radius 3 is 2.47 bits per heavy atom. The van der Waals surface area contributed by atoms with Gasteiger partial charge in [-0.3, -0.25) is 9.59 Å². The summed E-state index contributed by atoms with van der Waals surface area (Å²) in [7, 11) is 0. The molecule has 17 heavy (non-hydrogen) atoms. The van der Waals surface area contributed by atoms with E-state index in [0.29, 0.717) is 6.42 Å². The van der Waals surface area contributed by atoms with E-state index < -0.39 is 12.1 Å². The van der Waals surface area contributed by atoms with Crippen molar-refractivity contribution in [2.75, 3.05) is 0 Å². The number of nitrogens with zero attached hydrogens (tertiary/aromatic N) is 1. The first-order valence-corrected chi connectivity index (χ1v) is 6.02. The van der Waals surface area contributed by atoms with E-state index in [1.807, 2.05) is 20.8 Å². The van der Waals surface area contributed by atoms with Crippen LogP contribution in [0.4, 0.5) is 0 Å². The molecule has 4 nitrogen and oxygen atoms in total. The summed E-state index contributed by atoms with van der Waals surface area (Å²) in [5.41, 5.74) is 0. The minimum absolute atomic E-state index is 0.0664. The van der Waals surface area contributed by atoms with Gasteiger partial charge in [-0.15, -0.1) is 6.42 Å². The van der Waals surface area contributed by atoms with Crippen LogP contribution in [-0.4, -0.2) is 34.8 Å². The van der Waals surface area contributed by atoms with Crippen LogP contribution >= 0.6 is 0 Å². The summed E-state index contributed by atoms with van der Waals surface area (Å²) >= 11 is 0. The number of nitrogens with one attached hydrogen (secondary N) is 1. The van der Waals surface area contributed by atoms with Gasteiger partial charge in [-0.25, -0.2) is 0 Å². The fourth-order valence-corrected chi connectivity index (χ4v) is 2.08. The van der Waals surface area contributed by atoms with Crippen LogP contribution in [0.5, 0.6) is 0 Å². The summed E-state index contributed by atoms with van der Waals surface area (Å²) in [5.74, 6) is 2.45. The molecule has 0 aromatic heterocycles. The minimum atomic E-state index is -0.488. The molecule has 2 amide bonds. The van der Waals surface area contributed by atoms with Gasteiger partial charge >= 0.3 is 0 Å². The van der Waals surface area contributed by atoms with Crippen molar-refractivity contribution in [3.8, 4) is 12.3 Å². The zero-order valence-electron chi connectivity index (χ0n) is 10.9. The predicted molar refractivity (Wildman–Crippen MR) is 66.0 cm³/mol. The Bertz CT molecular complexity index is 357. The van der Waals surface area contributed by atoms with Gasteiger partial charge in [0.1, 0.15) is 12.1 Å². The van der Waals surface area contributed by atoms with Gasteiger partial charge in [-0.05, 0) is 19.3 Å². The lowest BCUT2D eigenvalue weighted by Gasteiger charge is -2.41. The Labute approximate surface area is 103 Å². The molecule has 4 heteroatoms. The quantitative estimate of drug-likeness (QED) is 0.736. The molecular formula is C13H20N2O2. The molecule has 1 fully saturated rings. The van der Waals surface area contributed by atoms with E-state index in [4.69, 9.17) is 6.42 Å². The number of carbonyl (C=O) groups is 2. The molecule has 1 aliphatic heterocycles. The van der Waals surface area contributed by atoms with E-state index in [-0.39, 0.29) is 23.8 Å². The molecule has 0 radical (unpaired) electrons. The second-order valence-corrected chi connectivity index (χ2v) is 4.74. The smallest absolute Gasteiger partial charge is 0.247 e.